The highest BCUT2D eigenvalue weighted by Gasteiger charge is 2.30. The number of fused-ring (bicyclic) bond motifs is 3. The Bertz CT molecular complexity index is 1210. The average Bonchev–Trinajstić information content (AvgIpc) is 2.72. The van der Waals surface area contributed by atoms with Gasteiger partial charge in [-0.05, 0) is 61.4 Å². The van der Waals surface area contributed by atoms with Gasteiger partial charge in [0.25, 0.3) is 0 Å². The maximum absolute atomic E-state index is 13.9. The van der Waals surface area contributed by atoms with Gasteiger partial charge in [-0.2, -0.15) is 0 Å². The van der Waals surface area contributed by atoms with Gasteiger partial charge < -0.3 is 9.47 Å². The number of hydrogen-bond acceptors (Lipinski definition) is 4. The van der Waals surface area contributed by atoms with Crippen LogP contribution in [-0.4, -0.2) is 20.8 Å². The molecule has 1 atom stereocenters. The molecule has 0 radical (unpaired) electrons. The van der Waals surface area contributed by atoms with E-state index in [-0.39, 0.29) is 5.82 Å². The summed E-state index contributed by atoms with van der Waals surface area (Å²) in [4.78, 5) is 0. The zero-order valence-electron chi connectivity index (χ0n) is 16.8. The topological polar surface area (TPSA) is 64.6 Å². The summed E-state index contributed by atoms with van der Waals surface area (Å²) in [5, 5.41) is -0.579. The molecule has 0 aromatic heterocycles. The van der Waals surface area contributed by atoms with E-state index >= 15 is 0 Å². The second-order valence-corrected chi connectivity index (χ2v) is 9.62. The fourth-order valence-corrected chi connectivity index (χ4v) is 4.20. The van der Waals surface area contributed by atoms with E-state index in [4.69, 9.17) is 9.47 Å². The number of anilines is 1. The van der Waals surface area contributed by atoms with E-state index in [2.05, 4.69) is 4.72 Å². The van der Waals surface area contributed by atoms with Crippen molar-refractivity contribution in [2.24, 2.45) is 0 Å². The van der Waals surface area contributed by atoms with Gasteiger partial charge in [0.15, 0.2) is 0 Å². The Labute approximate surface area is 175 Å². The molecular formula is C23H22FNO4S. The van der Waals surface area contributed by atoms with Gasteiger partial charge in [-0.15, -0.1) is 0 Å². The molecule has 7 heteroatoms. The fraction of sp³-hybridized carbons (Fsp3) is 0.217. The molecule has 0 spiro atoms. The van der Waals surface area contributed by atoms with Gasteiger partial charge in [-0.25, -0.2) is 12.8 Å². The van der Waals surface area contributed by atoms with Crippen molar-refractivity contribution in [3.05, 3.63) is 77.6 Å². The van der Waals surface area contributed by atoms with Crippen LogP contribution in [0.15, 0.2) is 60.7 Å². The van der Waals surface area contributed by atoms with Crippen LogP contribution in [0.2, 0.25) is 0 Å². The van der Waals surface area contributed by atoms with Crippen LogP contribution in [0.4, 0.5) is 10.1 Å². The number of methoxy groups -OCH3 is 1. The molecule has 1 aliphatic heterocycles. The third kappa shape index (κ3) is 3.61. The Kier molecular flexibility index (Phi) is 5.15. The number of hydrogen-bond donors (Lipinski definition) is 1. The monoisotopic (exact) mass is 427 g/mol. The van der Waals surface area contributed by atoms with Crippen LogP contribution in [-0.2, 0) is 10.0 Å². The molecule has 3 aromatic carbocycles. The standard InChI is InChI=1S/C23H22FNO4S/c1-14(2)30(26,27)25-17-10-11-18-19(13-17)23(15-6-4-7-16(24)12-15)29-21-9-5-8-20(28-3)22(18)21/h4-14,23,25H,1-3H3. The van der Waals surface area contributed by atoms with Gasteiger partial charge in [0.05, 0.1) is 17.9 Å². The molecular weight excluding hydrogens is 405 g/mol. The molecule has 4 rings (SSSR count). The van der Waals surface area contributed by atoms with Crippen molar-refractivity contribution in [3.8, 4) is 22.6 Å². The number of benzene rings is 3. The van der Waals surface area contributed by atoms with Gasteiger partial charge in [0.2, 0.25) is 10.0 Å². The van der Waals surface area contributed by atoms with Crippen molar-refractivity contribution in [1.29, 1.82) is 0 Å². The molecule has 0 fully saturated rings. The molecule has 1 unspecified atom stereocenters. The Morgan fingerprint density at radius 1 is 1.07 bits per heavy atom. The van der Waals surface area contributed by atoms with Crippen LogP contribution in [0.1, 0.15) is 31.1 Å². The highest BCUT2D eigenvalue weighted by Crippen LogP contribution is 2.49. The summed E-state index contributed by atoms with van der Waals surface area (Å²) in [5.74, 6) is 0.888. The van der Waals surface area contributed by atoms with Gasteiger partial charge >= 0.3 is 0 Å². The summed E-state index contributed by atoms with van der Waals surface area (Å²) < 4.78 is 53.0. The molecule has 156 valence electrons. The van der Waals surface area contributed by atoms with Crippen LogP contribution < -0.4 is 14.2 Å². The molecule has 0 saturated carbocycles. The van der Waals surface area contributed by atoms with E-state index in [1.165, 1.54) is 12.1 Å². The highest BCUT2D eigenvalue weighted by molar-refractivity contribution is 7.93. The maximum Gasteiger partial charge on any atom is 0.235 e. The van der Waals surface area contributed by atoms with Crippen molar-refractivity contribution in [1.82, 2.24) is 0 Å². The molecule has 0 saturated heterocycles. The van der Waals surface area contributed by atoms with E-state index in [1.807, 2.05) is 24.3 Å². The summed E-state index contributed by atoms with van der Waals surface area (Å²) >= 11 is 0. The van der Waals surface area contributed by atoms with Gasteiger partial charge in [0, 0.05) is 11.3 Å². The second kappa shape index (κ2) is 7.65. The number of rotatable bonds is 5. The Morgan fingerprint density at radius 2 is 1.83 bits per heavy atom. The lowest BCUT2D eigenvalue weighted by atomic mass is 9.89. The molecule has 0 bridgehead atoms. The van der Waals surface area contributed by atoms with Crippen molar-refractivity contribution in [2.45, 2.75) is 25.2 Å². The number of ether oxygens (including phenoxy) is 2. The second-order valence-electron chi connectivity index (χ2n) is 7.38. The third-order valence-corrected chi connectivity index (χ3v) is 6.85. The van der Waals surface area contributed by atoms with Crippen molar-refractivity contribution in [2.75, 3.05) is 11.8 Å². The van der Waals surface area contributed by atoms with Gasteiger partial charge in [-0.1, -0.05) is 24.3 Å². The number of nitrogens with one attached hydrogen (secondary N) is 1. The first-order valence-electron chi connectivity index (χ1n) is 9.55. The van der Waals surface area contributed by atoms with E-state index in [0.29, 0.717) is 22.7 Å². The Morgan fingerprint density at radius 3 is 2.53 bits per heavy atom. The maximum atomic E-state index is 13.9. The van der Waals surface area contributed by atoms with E-state index < -0.39 is 21.4 Å². The largest absolute Gasteiger partial charge is 0.496 e. The van der Waals surface area contributed by atoms with Crippen LogP contribution in [0.5, 0.6) is 11.5 Å². The molecule has 1 heterocycles. The molecule has 3 aromatic rings. The quantitative estimate of drug-likeness (QED) is 0.613. The summed E-state index contributed by atoms with van der Waals surface area (Å²) in [5.41, 5.74) is 3.40. The van der Waals surface area contributed by atoms with Crippen LogP contribution in [0, 0.1) is 5.82 Å². The highest BCUT2D eigenvalue weighted by atomic mass is 32.2. The molecule has 1 N–H and O–H groups in total. The normalized spacial score (nSPS) is 15.2. The fourth-order valence-electron chi connectivity index (χ4n) is 3.51. The minimum absolute atomic E-state index is 0.370. The summed E-state index contributed by atoms with van der Waals surface area (Å²) in [6.45, 7) is 3.22. The zero-order valence-corrected chi connectivity index (χ0v) is 17.7. The summed E-state index contributed by atoms with van der Waals surface area (Å²) in [6.07, 6.45) is -0.598. The van der Waals surface area contributed by atoms with Gasteiger partial charge in [0.1, 0.15) is 23.4 Å². The first-order valence-corrected chi connectivity index (χ1v) is 11.1. The SMILES string of the molecule is COc1cccc2c1-c1ccc(NS(=O)(=O)C(C)C)cc1C(c1cccc(F)c1)O2. The average molecular weight is 427 g/mol. The first-order chi connectivity index (χ1) is 14.3. The minimum atomic E-state index is -3.52. The van der Waals surface area contributed by atoms with Crippen LogP contribution >= 0.6 is 0 Å². The van der Waals surface area contributed by atoms with Crippen molar-refractivity contribution < 1.29 is 22.3 Å². The molecule has 1 aliphatic rings. The van der Waals surface area contributed by atoms with Crippen molar-refractivity contribution >= 4 is 15.7 Å². The van der Waals surface area contributed by atoms with Crippen molar-refractivity contribution in [3.63, 3.8) is 0 Å². The molecule has 5 nitrogen and oxygen atoms in total. The van der Waals surface area contributed by atoms with Crippen LogP contribution in [0.25, 0.3) is 11.1 Å². The smallest absolute Gasteiger partial charge is 0.235 e. The lowest BCUT2D eigenvalue weighted by molar-refractivity contribution is 0.241. The molecule has 0 amide bonds. The summed E-state index contributed by atoms with van der Waals surface area (Å²) in [6, 6.07) is 17.0. The number of sulfonamides is 1. The lowest BCUT2D eigenvalue weighted by Gasteiger charge is -2.30. The zero-order chi connectivity index (χ0) is 21.5. The third-order valence-electron chi connectivity index (χ3n) is 5.09. The van der Waals surface area contributed by atoms with E-state index in [0.717, 1.165) is 16.7 Å². The van der Waals surface area contributed by atoms with E-state index in [9.17, 15) is 12.8 Å². The lowest BCUT2D eigenvalue weighted by Crippen LogP contribution is -2.23. The van der Waals surface area contributed by atoms with E-state index in [1.54, 1.807) is 45.2 Å². The van der Waals surface area contributed by atoms with Gasteiger partial charge in [-0.3, -0.25) is 4.72 Å². The Hall–Kier alpha value is -3.06. The predicted octanol–water partition coefficient (Wildman–Crippen LogP) is 5.13. The van der Waals surface area contributed by atoms with Crippen LogP contribution in [0.3, 0.4) is 0 Å². The minimum Gasteiger partial charge on any atom is -0.496 e. The first kappa shape index (κ1) is 20.2. The number of halogens is 1. The predicted molar refractivity (Wildman–Crippen MR) is 115 cm³/mol. The summed E-state index contributed by atoms with van der Waals surface area (Å²) in [7, 11) is -1.93. The molecule has 30 heavy (non-hydrogen) atoms. The molecule has 0 aliphatic carbocycles. The Balaban J connectivity index is 1.90.